The van der Waals surface area contributed by atoms with Crippen molar-refractivity contribution in [3.63, 3.8) is 0 Å². The van der Waals surface area contributed by atoms with Crippen LogP contribution in [0.2, 0.25) is 0 Å². The smallest absolute Gasteiger partial charge is 0.371 e. The molecular formula is C47H61N13O2+2. The predicted octanol–water partition coefficient (Wildman–Crippen LogP) is 6.65. The monoisotopic (exact) mass is 840 g/mol. The maximum atomic E-state index is 13.4. The Morgan fingerprint density at radius 2 is 1.26 bits per heavy atom. The lowest BCUT2D eigenvalue weighted by molar-refractivity contribution is -0.657. The third-order valence-corrected chi connectivity index (χ3v) is 13.1. The van der Waals surface area contributed by atoms with Gasteiger partial charge >= 0.3 is 12.0 Å². The van der Waals surface area contributed by atoms with Crippen LogP contribution in [0.15, 0.2) is 94.0 Å². The summed E-state index contributed by atoms with van der Waals surface area (Å²) in [5, 5.41) is 18.9. The maximum absolute atomic E-state index is 13.4. The van der Waals surface area contributed by atoms with Crippen LogP contribution in [0.5, 0.6) is 0 Å². The summed E-state index contributed by atoms with van der Waals surface area (Å²) in [5.41, 5.74) is 10.9. The number of hydrogen-bond donors (Lipinski definition) is 0. The lowest BCUT2D eigenvalue weighted by atomic mass is 9.91. The van der Waals surface area contributed by atoms with Crippen molar-refractivity contribution in [2.24, 2.45) is 27.5 Å². The molecule has 324 valence electrons. The summed E-state index contributed by atoms with van der Waals surface area (Å²) in [5.74, 6) is 0.677. The summed E-state index contributed by atoms with van der Waals surface area (Å²) in [4.78, 5) is 39.5. The van der Waals surface area contributed by atoms with Crippen molar-refractivity contribution in [3.05, 3.63) is 101 Å². The van der Waals surface area contributed by atoms with E-state index in [9.17, 15) is 9.59 Å². The van der Waals surface area contributed by atoms with E-state index in [1.807, 2.05) is 57.6 Å². The van der Waals surface area contributed by atoms with Gasteiger partial charge in [-0.2, -0.15) is 14.5 Å². The average Bonchev–Trinajstić information content (AvgIpc) is 3.83. The second kappa shape index (κ2) is 18.1. The quantitative estimate of drug-likeness (QED) is 0.110. The number of aromatic nitrogens is 3. The van der Waals surface area contributed by atoms with Gasteiger partial charge in [0.2, 0.25) is 6.29 Å². The number of benzene rings is 2. The largest absolute Gasteiger partial charge is 0.497 e. The first kappa shape index (κ1) is 41.2. The van der Waals surface area contributed by atoms with Gasteiger partial charge in [-0.05, 0) is 116 Å². The van der Waals surface area contributed by atoms with Gasteiger partial charge in [0, 0.05) is 94.2 Å². The van der Waals surface area contributed by atoms with Crippen LogP contribution in [0.1, 0.15) is 71.1 Å². The van der Waals surface area contributed by atoms with Gasteiger partial charge < -0.3 is 24.5 Å². The molecule has 0 saturated carbocycles. The molecule has 0 saturated heterocycles. The molecular weight excluding hydrogens is 779 g/mol. The van der Waals surface area contributed by atoms with Crippen LogP contribution < -0.4 is 18.9 Å². The molecule has 9 rings (SSSR count). The van der Waals surface area contributed by atoms with E-state index in [0.717, 1.165) is 88.6 Å². The predicted molar refractivity (Wildman–Crippen MR) is 239 cm³/mol. The van der Waals surface area contributed by atoms with Gasteiger partial charge in [0.05, 0.1) is 45.3 Å². The molecule has 1 unspecified atom stereocenters. The van der Waals surface area contributed by atoms with Crippen LogP contribution in [0.25, 0.3) is 0 Å². The summed E-state index contributed by atoms with van der Waals surface area (Å²) in [6, 6.07) is 12.1. The molecule has 7 heterocycles. The highest BCUT2D eigenvalue weighted by Gasteiger charge is 2.28. The third kappa shape index (κ3) is 8.66. The number of hydrogen-bond acceptors (Lipinski definition) is 10. The first-order chi connectivity index (χ1) is 30.2. The Kier molecular flexibility index (Phi) is 12.0. The van der Waals surface area contributed by atoms with E-state index >= 15 is 0 Å². The zero-order chi connectivity index (χ0) is 42.7. The minimum absolute atomic E-state index is 0.0888. The van der Waals surface area contributed by atoms with Crippen molar-refractivity contribution in [2.75, 3.05) is 76.8 Å². The van der Waals surface area contributed by atoms with Gasteiger partial charge in [0.15, 0.2) is 0 Å². The second-order valence-electron chi connectivity index (χ2n) is 17.6. The first-order valence-electron chi connectivity index (χ1n) is 22.6. The van der Waals surface area contributed by atoms with Crippen molar-refractivity contribution < 1.29 is 18.7 Å². The SMILES string of the molecule is CN(CCCn1cc[n+](C)c1N=Nc1cc2c3c(c1)CCCN3CCC2)C(=O)c1cc[n+](C(=O)N(C)CCCN2C=CN(C)C2N=Nc2cc3c4c(c2)CCCN4CCC3)cc1. The molecule has 0 fully saturated rings. The number of rotatable bonds is 13. The van der Waals surface area contributed by atoms with Crippen molar-refractivity contribution in [1.82, 2.24) is 24.2 Å². The number of anilines is 2. The van der Waals surface area contributed by atoms with Crippen LogP contribution in [-0.4, -0.2) is 109 Å². The molecule has 2 aromatic carbocycles. The van der Waals surface area contributed by atoms with E-state index in [4.69, 9.17) is 20.5 Å². The highest BCUT2D eigenvalue weighted by molar-refractivity contribution is 5.93. The van der Waals surface area contributed by atoms with Gasteiger partial charge in [-0.1, -0.05) is 5.11 Å². The molecule has 62 heavy (non-hydrogen) atoms. The molecule has 15 nitrogen and oxygen atoms in total. The molecule has 4 aromatic rings. The molecule has 2 amide bonds. The van der Waals surface area contributed by atoms with Gasteiger partial charge in [0.25, 0.3) is 5.91 Å². The Labute approximate surface area is 365 Å². The maximum Gasteiger partial charge on any atom is 0.497 e. The number of azo groups is 2. The summed E-state index contributed by atoms with van der Waals surface area (Å²) in [6.07, 6.45) is 21.8. The Morgan fingerprint density at radius 1 is 0.710 bits per heavy atom. The van der Waals surface area contributed by atoms with Crippen LogP contribution in [0.3, 0.4) is 0 Å². The van der Waals surface area contributed by atoms with Crippen molar-refractivity contribution >= 4 is 40.6 Å². The lowest BCUT2D eigenvalue weighted by Crippen LogP contribution is -2.51. The molecule has 0 N–H and O–H groups in total. The minimum Gasteiger partial charge on any atom is -0.371 e. The minimum atomic E-state index is -0.229. The zero-order valence-electron chi connectivity index (χ0n) is 36.9. The molecule has 15 heteroatoms. The number of aryl methyl sites for hydroxylation is 6. The van der Waals surface area contributed by atoms with Crippen LogP contribution >= 0.6 is 0 Å². The molecule has 5 aliphatic rings. The van der Waals surface area contributed by atoms with E-state index in [1.165, 1.54) is 63.9 Å². The average molecular weight is 840 g/mol. The van der Waals surface area contributed by atoms with Gasteiger partial charge in [-0.25, -0.2) is 14.0 Å². The fourth-order valence-corrected chi connectivity index (χ4v) is 9.92. The van der Waals surface area contributed by atoms with Crippen LogP contribution in [0.4, 0.5) is 33.5 Å². The van der Waals surface area contributed by atoms with E-state index in [2.05, 4.69) is 48.4 Å². The highest BCUT2D eigenvalue weighted by Crippen LogP contribution is 2.40. The third-order valence-electron chi connectivity index (χ3n) is 13.1. The topological polar surface area (TPSA) is 116 Å². The van der Waals surface area contributed by atoms with Crippen molar-refractivity contribution in [1.29, 1.82) is 0 Å². The fraction of sp³-hybridized carbons (Fsp3) is 0.489. The van der Waals surface area contributed by atoms with E-state index < -0.39 is 0 Å². The number of carbonyl (C=O) groups is 2. The molecule has 1 atom stereocenters. The Hall–Kier alpha value is -6.12. The zero-order valence-corrected chi connectivity index (χ0v) is 36.9. The van der Waals surface area contributed by atoms with E-state index in [-0.39, 0.29) is 18.2 Å². The van der Waals surface area contributed by atoms with Crippen molar-refractivity contribution in [3.8, 4) is 0 Å². The lowest BCUT2D eigenvalue weighted by Gasteiger charge is -2.37. The number of pyridine rings is 1. The standard InChI is InChI=1S/C47H61N13O2/c1-52(17-9-23-58-29-27-53(2)45(58)50-48-40-31-36-11-5-19-56-20-6-12-37(32-40)42(36)56)44(61)35-15-25-60(26-16-35)47(62)55(4)18-10-24-59-30-28-54(3)46(59)51-49-41-33-38-13-7-21-57-22-8-14-39(34-41)43(38)57/h15-16,25-34,46H,5-14,17-24H2,1-4H3/q+2. The Balaban J connectivity index is 0.735. The number of nitrogens with zero attached hydrogens (tertiary/aromatic N) is 13. The van der Waals surface area contributed by atoms with Crippen molar-refractivity contribution in [2.45, 2.75) is 77.0 Å². The van der Waals surface area contributed by atoms with Gasteiger partial charge in [-0.3, -0.25) is 4.79 Å². The van der Waals surface area contributed by atoms with Crippen LogP contribution in [-0.2, 0) is 39.3 Å². The normalized spacial score (nSPS) is 17.9. The Morgan fingerprint density at radius 3 is 1.85 bits per heavy atom. The van der Waals surface area contributed by atoms with Crippen LogP contribution in [0, 0.1) is 0 Å². The molecule has 0 radical (unpaired) electrons. The second-order valence-corrected chi connectivity index (χ2v) is 17.6. The molecule has 0 spiro atoms. The van der Waals surface area contributed by atoms with Gasteiger partial charge in [-0.15, -0.1) is 5.11 Å². The number of carbonyl (C=O) groups excluding carboxylic acids is 2. The van der Waals surface area contributed by atoms with E-state index in [0.29, 0.717) is 25.2 Å². The number of amides is 2. The highest BCUT2D eigenvalue weighted by atomic mass is 16.2. The molecule has 0 bridgehead atoms. The summed E-state index contributed by atoms with van der Waals surface area (Å²) in [7, 11) is 7.62. The summed E-state index contributed by atoms with van der Waals surface area (Å²) < 4.78 is 5.59. The molecule has 2 aromatic heterocycles. The van der Waals surface area contributed by atoms with Gasteiger partial charge in [0.1, 0.15) is 18.1 Å². The first-order valence-corrected chi connectivity index (χ1v) is 22.6. The summed E-state index contributed by atoms with van der Waals surface area (Å²) in [6.45, 7) is 7.16. The summed E-state index contributed by atoms with van der Waals surface area (Å²) >= 11 is 0. The molecule has 5 aliphatic heterocycles. The Bertz CT molecular complexity index is 2320. The fourth-order valence-electron chi connectivity index (χ4n) is 9.92. The van der Waals surface area contributed by atoms with E-state index in [1.54, 1.807) is 34.3 Å². The number of imidazole rings is 1. The molecule has 0 aliphatic carbocycles.